The molecule has 1 heterocycles. The molecule has 1 amide bonds. The Morgan fingerprint density at radius 1 is 1.17 bits per heavy atom. The van der Waals surface area contributed by atoms with Gasteiger partial charge in [0, 0.05) is 7.05 Å². The molecule has 0 unspecified atom stereocenters. The molecule has 1 fully saturated rings. The number of hydrogen-bond acceptors (Lipinski definition) is 7. The van der Waals surface area contributed by atoms with Gasteiger partial charge >= 0.3 is 5.97 Å². The molecule has 1 aliphatic heterocycles. The second-order valence-electron chi connectivity index (χ2n) is 6.25. The topological polar surface area (TPSA) is 77.4 Å². The van der Waals surface area contributed by atoms with E-state index >= 15 is 0 Å². The van der Waals surface area contributed by atoms with E-state index in [1.54, 1.807) is 44.5 Å². The molecule has 0 spiro atoms. The first-order valence-corrected chi connectivity index (χ1v) is 10.0. The van der Waals surface area contributed by atoms with E-state index in [1.165, 1.54) is 23.8 Å². The third-order valence-electron chi connectivity index (χ3n) is 4.28. The van der Waals surface area contributed by atoms with Gasteiger partial charge in [-0.15, -0.1) is 0 Å². The molecule has 0 atom stereocenters. The molecule has 3 rings (SSSR count). The van der Waals surface area contributed by atoms with Crippen LogP contribution in [0.3, 0.4) is 0 Å². The van der Waals surface area contributed by atoms with Gasteiger partial charge in [-0.25, -0.2) is 9.79 Å². The number of likely N-dealkylation sites (N-methyl/N-ethyl adjacent to an activating group) is 1. The van der Waals surface area contributed by atoms with Crippen molar-refractivity contribution in [1.29, 1.82) is 0 Å². The van der Waals surface area contributed by atoms with Crippen LogP contribution in [0.5, 0.6) is 11.5 Å². The molecule has 1 aliphatic rings. The minimum Gasteiger partial charge on any atom is -0.493 e. The van der Waals surface area contributed by atoms with E-state index in [-0.39, 0.29) is 5.91 Å². The average Bonchev–Trinajstić information content (AvgIpc) is 3.02. The molecule has 2 aromatic carbocycles. The molecular weight excluding hydrogens is 404 g/mol. The molecule has 0 aromatic heterocycles. The predicted molar refractivity (Wildman–Crippen MR) is 117 cm³/mol. The maximum atomic E-state index is 12.7. The van der Waals surface area contributed by atoms with Crippen molar-refractivity contribution in [3.05, 3.63) is 58.5 Å². The Hall–Kier alpha value is -3.26. The maximum absolute atomic E-state index is 12.7. The summed E-state index contributed by atoms with van der Waals surface area (Å²) in [6.07, 6.45) is 1.79. The summed E-state index contributed by atoms with van der Waals surface area (Å²) in [5, 5.41) is 0.520. The Morgan fingerprint density at radius 3 is 2.67 bits per heavy atom. The highest BCUT2D eigenvalue weighted by Gasteiger charge is 2.30. The fraction of sp³-hybridized carbons (Fsp3) is 0.227. The number of nitrogens with zero attached hydrogens (tertiary/aromatic N) is 2. The van der Waals surface area contributed by atoms with Gasteiger partial charge in [-0.2, -0.15) is 0 Å². The van der Waals surface area contributed by atoms with Crippen LogP contribution in [-0.4, -0.2) is 49.8 Å². The second kappa shape index (κ2) is 9.49. The van der Waals surface area contributed by atoms with E-state index in [0.717, 1.165) is 5.56 Å². The molecule has 0 aliphatic carbocycles. The number of ether oxygens (including phenoxy) is 3. The number of benzene rings is 2. The molecule has 0 radical (unpaired) electrons. The van der Waals surface area contributed by atoms with Crippen LogP contribution < -0.4 is 9.47 Å². The summed E-state index contributed by atoms with van der Waals surface area (Å²) < 4.78 is 15.6. The lowest BCUT2D eigenvalue weighted by Crippen LogP contribution is -2.23. The van der Waals surface area contributed by atoms with Crippen molar-refractivity contribution in [2.24, 2.45) is 4.99 Å². The van der Waals surface area contributed by atoms with E-state index in [2.05, 4.69) is 4.99 Å². The SMILES string of the molecule is CCOc1ccc(C=C2SC(=Nc3cccc(C(=O)OC)c3)N(C)C2=O)cc1OC. The van der Waals surface area contributed by atoms with Crippen molar-refractivity contribution in [3.8, 4) is 11.5 Å². The zero-order chi connectivity index (χ0) is 21.7. The van der Waals surface area contributed by atoms with Crippen LogP contribution in [0.25, 0.3) is 6.08 Å². The lowest BCUT2D eigenvalue weighted by molar-refractivity contribution is -0.121. The Labute approximate surface area is 179 Å². The van der Waals surface area contributed by atoms with Crippen LogP contribution in [0.15, 0.2) is 52.4 Å². The first kappa shape index (κ1) is 21.4. The molecule has 1 saturated heterocycles. The number of rotatable bonds is 6. The van der Waals surface area contributed by atoms with E-state index in [0.29, 0.717) is 39.4 Å². The zero-order valence-corrected chi connectivity index (χ0v) is 18.0. The quantitative estimate of drug-likeness (QED) is 0.511. The van der Waals surface area contributed by atoms with Gasteiger partial charge in [0.1, 0.15) is 0 Å². The molecular formula is C22H22N2O5S. The fourth-order valence-electron chi connectivity index (χ4n) is 2.78. The van der Waals surface area contributed by atoms with Crippen molar-refractivity contribution in [2.45, 2.75) is 6.92 Å². The van der Waals surface area contributed by atoms with E-state index in [1.807, 2.05) is 25.1 Å². The average molecular weight is 426 g/mol. The Morgan fingerprint density at radius 2 is 1.97 bits per heavy atom. The molecule has 8 heteroatoms. The predicted octanol–water partition coefficient (Wildman–Crippen LogP) is 4.11. The van der Waals surface area contributed by atoms with Gasteiger partial charge in [0.25, 0.3) is 5.91 Å². The van der Waals surface area contributed by atoms with E-state index in [4.69, 9.17) is 14.2 Å². The third-order valence-corrected chi connectivity index (χ3v) is 5.34. The van der Waals surface area contributed by atoms with Gasteiger partial charge < -0.3 is 14.2 Å². The lowest BCUT2D eigenvalue weighted by atomic mass is 10.2. The number of aliphatic imine (C=N–C) groups is 1. The van der Waals surface area contributed by atoms with Crippen LogP contribution >= 0.6 is 11.8 Å². The summed E-state index contributed by atoms with van der Waals surface area (Å²) in [6.45, 7) is 2.44. The van der Waals surface area contributed by atoms with Gasteiger partial charge in [0.05, 0.1) is 37.0 Å². The first-order valence-electron chi connectivity index (χ1n) is 9.22. The second-order valence-corrected chi connectivity index (χ2v) is 7.26. The third kappa shape index (κ3) is 4.65. The van der Waals surface area contributed by atoms with Crippen LogP contribution in [0.2, 0.25) is 0 Å². The standard InChI is InChI=1S/C22H22N2O5S/c1-5-29-17-10-9-14(11-18(17)27-3)12-19-20(25)24(2)22(30-19)23-16-8-6-7-15(13-16)21(26)28-4/h6-13H,5H2,1-4H3. The molecule has 156 valence electrons. The van der Waals surface area contributed by atoms with Gasteiger partial charge in [0.2, 0.25) is 0 Å². The number of carbonyl (C=O) groups is 2. The number of thioether (sulfide) groups is 1. The minimum absolute atomic E-state index is 0.157. The van der Waals surface area contributed by atoms with Crippen LogP contribution in [0.1, 0.15) is 22.8 Å². The lowest BCUT2D eigenvalue weighted by Gasteiger charge is -2.09. The van der Waals surface area contributed by atoms with Crippen molar-refractivity contribution in [2.75, 3.05) is 27.9 Å². The van der Waals surface area contributed by atoms with Crippen molar-refractivity contribution < 1.29 is 23.8 Å². The summed E-state index contributed by atoms with van der Waals surface area (Å²) in [6, 6.07) is 12.3. The van der Waals surface area contributed by atoms with Gasteiger partial charge in [-0.05, 0) is 60.7 Å². The molecule has 0 N–H and O–H groups in total. The van der Waals surface area contributed by atoms with Gasteiger partial charge in [0.15, 0.2) is 16.7 Å². The summed E-state index contributed by atoms with van der Waals surface area (Å²) in [5.74, 6) is 0.655. The number of hydrogen-bond donors (Lipinski definition) is 0. The summed E-state index contributed by atoms with van der Waals surface area (Å²) in [5.41, 5.74) is 1.77. The highest BCUT2D eigenvalue weighted by atomic mass is 32.2. The molecule has 2 aromatic rings. The molecule has 30 heavy (non-hydrogen) atoms. The van der Waals surface area contributed by atoms with Crippen LogP contribution in [-0.2, 0) is 9.53 Å². The van der Waals surface area contributed by atoms with Crippen LogP contribution in [0.4, 0.5) is 5.69 Å². The number of esters is 1. The van der Waals surface area contributed by atoms with Crippen molar-refractivity contribution in [1.82, 2.24) is 4.90 Å². The Balaban J connectivity index is 1.87. The zero-order valence-electron chi connectivity index (χ0n) is 17.2. The van der Waals surface area contributed by atoms with Crippen molar-refractivity contribution >= 4 is 40.6 Å². The molecule has 7 nitrogen and oxygen atoms in total. The number of amides is 1. The Kier molecular flexibility index (Phi) is 6.79. The number of methoxy groups -OCH3 is 2. The van der Waals surface area contributed by atoms with Gasteiger partial charge in [-0.3, -0.25) is 9.69 Å². The van der Waals surface area contributed by atoms with E-state index in [9.17, 15) is 9.59 Å². The van der Waals surface area contributed by atoms with Gasteiger partial charge in [-0.1, -0.05) is 12.1 Å². The molecule has 0 saturated carbocycles. The van der Waals surface area contributed by atoms with Crippen molar-refractivity contribution in [3.63, 3.8) is 0 Å². The highest BCUT2D eigenvalue weighted by Crippen LogP contribution is 2.35. The largest absolute Gasteiger partial charge is 0.493 e. The molecule has 0 bridgehead atoms. The highest BCUT2D eigenvalue weighted by molar-refractivity contribution is 8.18. The minimum atomic E-state index is -0.439. The maximum Gasteiger partial charge on any atom is 0.337 e. The summed E-state index contributed by atoms with van der Waals surface area (Å²) in [7, 11) is 4.57. The first-order chi connectivity index (χ1) is 14.5. The summed E-state index contributed by atoms with van der Waals surface area (Å²) in [4.78, 5) is 30.9. The van der Waals surface area contributed by atoms with Crippen LogP contribution in [0, 0.1) is 0 Å². The number of amidine groups is 1. The smallest absolute Gasteiger partial charge is 0.337 e. The van der Waals surface area contributed by atoms with E-state index < -0.39 is 5.97 Å². The monoisotopic (exact) mass is 426 g/mol. The Bertz CT molecular complexity index is 1030. The number of carbonyl (C=O) groups excluding carboxylic acids is 2. The summed E-state index contributed by atoms with van der Waals surface area (Å²) >= 11 is 1.26. The fourth-order valence-corrected chi connectivity index (χ4v) is 3.77. The normalized spacial score (nSPS) is 16.3.